The minimum atomic E-state index is -0.887. The summed E-state index contributed by atoms with van der Waals surface area (Å²) < 4.78 is 0. The van der Waals surface area contributed by atoms with Gasteiger partial charge < -0.3 is 10.4 Å². The fraction of sp³-hybridized carbons (Fsp3) is 0.615. The number of hydrogen-bond donors (Lipinski definition) is 2. The van der Waals surface area contributed by atoms with Crippen LogP contribution in [0.25, 0.3) is 0 Å². The summed E-state index contributed by atoms with van der Waals surface area (Å²) in [6, 6.07) is 0. The average molecular weight is 251 g/mol. The van der Waals surface area contributed by atoms with Crippen molar-refractivity contribution in [2.24, 2.45) is 5.92 Å². The van der Waals surface area contributed by atoms with Crippen LogP contribution in [0.15, 0.2) is 18.6 Å². The van der Waals surface area contributed by atoms with E-state index in [1.54, 1.807) is 6.92 Å². The molecular formula is C13H21N3O2. The normalized spacial score (nSPS) is 14.3. The van der Waals surface area contributed by atoms with Crippen molar-refractivity contribution < 1.29 is 9.90 Å². The third-order valence-electron chi connectivity index (χ3n) is 2.69. The Morgan fingerprint density at radius 2 is 2.22 bits per heavy atom. The van der Waals surface area contributed by atoms with Crippen LogP contribution in [-0.2, 0) is 0 Å². The molecule has 1 heterocycles. The number of nitrogens with zero attached hydrogens (tertiary/aromatic N) is 2. The van der Waals surface area contributed by atoms with Crippen LogP contribution in [0.1, 0.15) is 44.1 Å². The quantitative estimate of drug-likeness (QED) is 0.801. The molecule has 0 fully saturated rings. The largest absolute Gasteiger partial charge is 0.388 e. The summed E-state index contributed by atoms with van der Waals surface area (Å²) in [6.07, 6.45) is 5.96. The van der Waals surface area contributed by atoms with Gasteiger partial charge in [0.2, 0.25) is 0 Å². The molecular weight excluding hydrogens is 230 g/mol. The van der Waals surface area contributed by atoms with Gasteiger partial charge in [0.05, 0.1) is 11.8 Å². The molecule has 2 N–H and O–H groups in total. The molecule has 0 aliphatic heterocycles. The van der Waals surface area contributed by atoms with Gasteiger partial charge in [-0.3, -0.25) is 9.78 Å². The Balaban J connectivity index is 2.42. The van der Waals surface area contributed by atoms with Gasteiger partial charge in [0.15, 0.2) is 0 Å². The van der Waals surface area contributed by atoms with Gasteiger partial charge in [-0.15, -0.1) is 0 Å². The van der Waals surface area contributed by atoms with Crippen molar-refractivity contribution in [2.75, 3.05) is 6.54 Å². The van der Waals surface area contributed by atoms with Crippen molar-refractivity contribution in [1.82, 2.24) is 15.3 Å². The van der Waals surface area contributed by atoms with Crippen molar-refractivity contribution in [3.63, 3.8) is 0 Å². The molecule has 0 saturated carbocycles. The molecule has 0 radical (unpaired) electrons. The standard InChI is InChI=1S/C13H21N3O2/c1-10(2)4-5-13(3,18)9-16-12(17)11-8-14-6-7-15-11/h6-8,10,18H,4-5,9H2,1-3H3,(H,16,17)/t13-/m0/s1. The number of carbonyl (C=O) groups excluding carboxylic acids is 1. The van der Waals surface area contributed by atoms with Gasteiger partial charge in [-0.1, -0.05) is 13.8 Å². The van der Waals surface area contributed by atoms with Crippen LogP contribution in [0.5, 0.6) is 0 Å². The number of amides is 1. The highest BCUT2D eigenvalue weighted by molar-refractivity contribution is 5.91. The summed E-state index contributed by atoms with van der Waals surface area (Å²) in [7, 11) is 0. The highest BCUT2D eigenvalue weighted by atomic mass is 16.3. The van der Waals surface area contributed by atoms with Crippen LogP contribution >= 0.6 is 0 Å². The van der Waals surface area contributed by atoms with Gasteiger partial charge >= 0.3 is 0 Å². The highest BCUT2D eigenvalue weighted by Crippen LogP contribution is 2.15. The van der Waals surface area contributed by atoms with E-state index < -0.39 is 5.60 Å². The summed E-state index contributed by atoms with van der Waals surface area (Å²) in [5.41, 5.74) is -0.626. The Kier molecular flexibility index (Phi) is 5.22. The molecule has 1 aromatic heterocycles. The van der Waals surface area contributed by atoms with E-state index in [9.17, 15) is 9.90 Å². The molecule has 0 saturated heterocycles. The molecule has 0 aromatic carbocycles. The van der Waals surface area contributed by atoms with Gasteiger partial charge in [0.25, 0.3) is 5.91 Å². The summed E-state index contributed by atoms with van der Waals surface area (Å²) >= 11 is 0. The maximum absolute atomic E-state index is 11.7. The van der Waals surface area contributed by atoms with Gasteiger partial charge in [0.1, 0.15) is 5.69 Å². The highest BCUT2D eigenvalue weighted by Gasteiger charge is 2.21. The lowest BCUT2D eigenvalue weighted by molar-refractivity contribution is 0.0428. The van der Waals surface area contributed by atoms with E-state index in [4.69, 9.17) is 0 Å². The molecule has 1 atom stereocenters. The first-order valence-electron chi connectivity index (χ1n) is 6.17. The van der Waals surface area contributed by atoms with Crippen molar-refractivity contribution >= 4 is 5.91 Å². The molecule has 1 rings (SSSR count). The molecule has 1 amide bonds. The average Bonchev–Trinajstić information content (AvgIpc) is 2.35. The lowest BCUT2D eigenvalue weighted by atomic mass is 9.95. The summed E-state index contributed by atoms with van der Waals surface area (Å²) in [5, 5.41) is 12.8. The molecule has 5 nitrogen and oxygen atoms in total. The van der Waals surface area contributed by atoms with Gasteiger partial charge in [0, 0.05) is 18.9 Å². The predicted molar refractivity (Wildman–Crippen MR) is 69.1 cm³/mol. The van der Waals surface area contributed by atoms with E-state index in [1.807, 2.05) is 0 Å². The van der Waals surface area contributed by atoms with Crippen LogP contribution in [0, 0.1) is 5.92 Å². The number of aliphatic hydroxyl groups is 1. The predicted octanol–water partition coefficient (Wildman–Crippen LogP) is 1.39. The Morgan fingerprint density at radius 3 is 2.78 bits per heavy atom. The van der Waals surface area contributed by atoms with E-state index in [-0.39, 0.29) is 18.1 Å². The van der Waals surface area contributed by atoms with E-state index in [1.165, 1.54) is 18.6 Å². The molecule has 18 heavy (non-hydrogen) atoms. The second-order valence-electron chi connectivity index (χ2n) is 5.20. The van der Waals surface area contributed by atoms with Crippen LogP contribution < -0.4 is 5.32 Å². The number of aromatic nitrogens is 2. The molecule has 1 aromatic rings. The zero-order valence-electron chi connectivity index (χ0n) is 11.2. The molecule has 0 bridgehead atoms. The molecule has 100 valence electrons. The molecule has 5 heteroatoms. The van der Waals surface area contributed by atoms with Crippen molar-refractivity contribution in [3.8, 4) is 0 Å². The number of hydrogen-bond acceptors (Lipinski definition) is 4. The first-order valence-corrected chi connectivity index (χ1v) is 6.17. The third kappa shape index (κ3) is 5.23. The summed E-state index contributed by atoms with van der Waals surface area (Å²) in [4.78, 5) is 19.4. The number of carbonyl (C=O) groups is 1. The Bertz CT molecular complexity index is 377. The minimum absolute atomic E-state index is 0.217. The van der Waals surface area contributed by atoms with E-state index in [0.29, 0.717) is 12.3 Å². The zero-order chi connectivity index (χ0) is 13.6. The monoisotopic (exact) mass is 251 g/mol. The second-order valence-corrected chi connectivity index (χ2v) is 5.20. The maximum atomic E-state index is 11.7. The second kappa shape index (κ2) is 6.44. The van der Waals surface area contributed by atoms with Crippen LogP contribution in [0.3, 0.4) is 0 Å². The number of nitrogens with one attached hydrogen (secondary N) is 1. The molecule has 0 aliphatic carbocycles. The van der Waals surface area contributed by atoms with Crippen molar-refractivity contribution in [1.29, 1.82) is 0 Å². The van der Waals surface area contributed by atoms with E-state index in [0.717, 1.165) is 6.42 Å². The maximum Gasteiger partial charge on any atom is 0.271 e. The summed E-state index contributed by atoms with van der Waals surface area (Å²) in [6.45, 7) is 6.16. The smallest absolute Gasteiger partial charge is 0.271 e. The van der Waals surface area contributed by atoms with Crippen molar-refractivity contribution in [3.05, 3.63) is 24.3 Å². The minimum Gasteiger partial charge on any atom is -0.388 e. The van der Waals surface area contributed by atoms with E-state index in [2.05, 4.69) is 29.1 Å². The molecule has 0 unspecified atom stereocenters. The molecule has 0 aliphatic rings. The first kappa shape index (κ1) is 14.6. The first-order chi connectivity index (χ1) is 8.41. The Labute approximate surface area is 108 Å². The lowest BCUT2D eigenvalue weighted by Crippen LogP contribution is -2.41. The van der Waals surface area contributed by atoms with Gasteiger partial charge in [-0.05, 0) is 25.7 Å². The van der Waals surface area contributed by atoms with Crippen molar-refractivity contribution in [2.45, 2.75) is 39.2 Å². The Hall–Kier alpha value is -1.49. The summed E-state index contributed by atoms with van der Waals surface area (Å²) in [5.74, 6) is 0.222. The Morgan fingerprint density at radius 1 is 1.50 bits per heavy atom. The van der Waals surface area contributed by atoms with Crippen LogP contribution in [-0.4, -0.2) is 33.1 Å². The molecule has 0 spiro atoms. The fourth-order valence-corrected chi connectivity index (χ4v) is 1.47. The third-order valence-corrected chi connectivity index (χ3v) is 2.69. The van der Waals surface area contributed by atoms with Crippen LogP contribution in [0.4, 0.5) is 0 Å². The zero-order valence-corrected chi connectivity index (χ0v) is 11.2. The number of rotatable bonds is 6. The van der Waals surface area contributed by atoms with Gasteiger partial charge in [-0.2, -0.15) is 0 Å². The fourth-order valence-electron chi connectivity index (χ4n) is 1.47. The van der Waals surface area contributed by atoms with Gasteiger partial charge in [-0.25, -0.2) is 4.98 Å². The topological polar surface area (TPSA) is 75.1 Å². The van der Waals surface area contributed by atoms with E-state index >= 15 is 0 Å². The lowest BCUT2D eigenvalue weighted by Gasteiger charge is -2.24. The SMILES string of the molecule is CC(C)CC[C@](C)(O)CNC(=O)c1cnccn1. The van der Waals surface area contributed by atoms with Crippen LogP contribution in [0.2, 0.25) is 0 Å².